The maximum Gasteiger partial charge on any atom is 0.240 e. The lowest BCUT2D eigenvalue weighted by atomic mass is 9.99. The van der Waals surface area contributed by atoms with Gasteiger partial charge < -0.3 is 5.11 Å². The topological polar surface area (TPSA) is 65.8 Å². The number of phenols is 1. The number of carbonyl (C=O) groups is 1. The normalized spacial score (nSPS) is 17.7. The number of rotatable bonds is 2. The minimum Gasteiger partial charge on any atom is -0.507 e. The molecular formula is C16H15N3O2. The van der Waals surface area contributed by atoms with E-state index in [0.29, 0.717) is 17.7 Å². The quantitative estimate of drug-likeness (QED) is 0.919. The summed E-state index contributed by atoms with van der Waals surface area (Å²) < 4.78 is 0. The molecule has 1 aliphatic heterocycles. The van der Waals surface area contributed by atoms with Crippen molar-refractivity contribution in [3.8, 4) is 5.75 Å². The van der Waals surface area contributed by atoms with E-state index in [-0.39, 0.29) is 17.7 Å². The molecule has 5 heteroatoms. The third-order valence-electron chi connectivity index (χ3n) is 3.54. The van der Waals surface area contributed by atoms with Gasteiger partial charge in [-0.25, -0.2) is 5.01 Å². The molecule has 0 radical (unpaired) electrons. The van der Waals surface area contributed by atoms with Crippen LogP contribution >= 0.6 is 0 Å². The lowest BCUT2D eigenvalue weighted by molar-refractivity contribution is -0.130. The number of hydrogen-bond acceptors (Lipinski definition) is 4. The lowest BCUT2D eigenvalue weighted by Crippen LogP contribution is -2.24. The molecule has 0 saturated heterocycles. The molecular weight excluding hydrogens is 266 g/mol. The maximum atomic E-state index is 11.8. The molecule has 0 fully saturated rings. The molecule has 0 unspecified atom stereocenters. The summed E-state index contributed by atoms with van der Waals surface area (Å²) in [6.45, 7) is 1.49. The van der Waals surface area contributed by atoms with Crippen LogP contribution in [0.3, 0.4) is 0 Å². The van der Waals surface area contributed by atoms with Gasteiger partial charge in [-0.15, -0.1) is 0 Å². The molecule has 5 nitrogen and oxygen atoms in total. The van der Waals surface area contributed by atoms with Crippen molar-refractivity contribution in [2.45, 2.75) is 19.4 Å². The Balaban J connectivity index is 1.98. The van der Waals surface area contributed by atoms with E-state index in [1.54, 1.807) is 30.6 Å². The maximum absolute atomic E-state index is 11.8. The summed E-state index contributed by atoms with van der Waals surface area (Å²) in [4.78, 5) is 15.8. The molecule has 0 spiro atoms. The van der Waals surface area contributed by atoms with E-state index < -0.39 is 0 Å². The standard InChI is InChI=1S/C16H15N3O2/c1-11(20)19-15(12-6-8-17-9-7-12)10-14(18-19)13-4-2-3-5-16(13)21/h2-9,15,21H,10H2,1H3/t15-/m0/s1. The summed E-state index contributed by atoms with van der Waals surface area (Å²) in [6.07, 6.45) is 3.97. The zero-order valence-electron chi connectivity index (χ0n) is 11.6. The molecule has 1 N–H and O–H groups in total. The van der Waals surface area contributed by atoms with Crippen LogP contribution in [0.4, 0.5) is 0 Å². The molecule has 1 aromatic carbocycles. The number of hydrazone groups is 1. The fourth-order valence-electron chi connectivity index (χ4n) is 2.53. The summed E-state index contributed by atoms with van der Waals surface area (Å²) in [5.74, 6) is 0.0531. The molecule has 106 valence electrons. The highest BCUT2D eigenvalue weighted by Gasteiger charge is 2.31. The average molecular weight is 281 g/mol. The van der Waals surface area contributed by atoms with E-state index in [1.807, 2.05) is 18.2 Å². The van der Waals surface area contributed by atoms with Crippen molar-refractivity contribution in [2.75, 3.05) is 0 Å². The Morgan fingerprint density at radius 2 is 1.95 bits per heavy atom. The zero-order valence-corrected chi connectivity index (χ0v) is 11.6. The minimum absolute atomic E-state index is 0.123. The van der Waals surface area contributed by atoms with E-state index in [0.717, 1.165) is 5.56 Å². The highest BCUT2D eigenvalue weighted by Crippen LogP contribution is 2.34. The Bertz CT molecular complexity index is 698. The van der Waals surface area contributed by atoms with Gasteiger partial charge in [-0.05, 0) is 29.8 Å². The van der Waals surface area contributed by atoms with Crippen molar-refractivity contribution in [2.24, 2.45) is 5.10 Å². The average Bonchev–Trinajstić information content (AvgIpc) is 2.94. The van der Waals surface area contributed by atoms with Crippen LogP contribution in [0.25, 0.3) is 0 Å². The van der Waals surface area contributed by atoms with Crippen LogP contribution in [0, 0.1) is 0 Å². The van der Waals surface area contributed by atoms with Gasteiger partial charge in [0.25, 0.3) is 0 Å². The van der Waals surface area contributed by atoms with Crippen molar-refractivity contribution < 1.29 is 9.90 Å². The highest BCUT2D eigenvalue weighted by molar-refractivity contribution is 6.05. The molecule has 1 atom stereocenters. The number of carbonyl (C=O) groups excluding carboxylic acids is 1. The van der Waals surface area contributed by atoms with E-state index in [4.69, 9.17) is 0 Å². The van der Waals surface area contributed by atoms with Crippen LogP contribution in [0.5, 0.6) is 5.75 Å². The van der Waals surface area contributed by atoms with Gasteiger partial charge in [-0.2, -0.15) is 5.10 Å². The first-order valence-corrected chi connectivity index (χ1v) is 6.72. The van der Waals surface area contributed by atoms with E-state index >= 15 is 0 Å². The van der Waals surface area contributed by atoms with Gasteiger partial charge in [0.05, 0.1) is 11.8 Å². The molecule has 21 heavy (non-hydrogen) atoms. The molecule has 0 aliphatic carbocycles. The third kappa shape index (κ3) is 2.50. The predicted molar refractivity (Wildman–Crippen MR) is 78.8 cm³/mol. The molecule has 0 bridgehead atoms. The molecule has 3 rings (SSSR count). The Morgan fingerprint density at radius 1 is 1.24 bits per heavy atom. The summed E-state index contributed by atoms with van der Waals surface area (Å²) >= 11 is 0. The van der Waals surface area contributed by atoms with E-state index in [9.17, 15) is 9.90 Å². The second-order valence-corrected chi connectivity index (χ2v) is 4.93. The molecule has 0 saturated carbocycles. The van der Waals surface area contributed by atoms with Gasteiger partial charge >= 0.3 is 0 Å². The summed E-state index contributed by atoms with van der Waals surface area (Å²) in [5.41, 5.74) is 2.36. The Hall–Kier alpha value is -2.69. The Morgan fingerprint density at radius 3 is 2.62 bits per heavy atom. The largest absolute Gasteiger partial charge is 0.507 e. The van der Waals surface area contributed by atoms with Gasteiger partial charge in [0.1, 0.15) is 5.75 Å². The second-order valence-electron chi connectivity index (χ2n) is 4.93. The van der Waals surface area contributed by atoms with Gasteiger partial charge in [0.2, 0.25) is 5.91 Å². The Labute approximate surface area is 122 Å². The Kier molecular flexibility index (Phi) is 3.39. The molecule has 2 heterocycles. The number of para-hydroxylation sites is 1. The molecule has 1 amide bonds. The van der Waals surface area contributed by atoms with Crippen LogP contribution in [-0.2, 0) is 4.79 Å². The number of aromatic nitrogens is 1. The monoisotopic (exact) mass is 281 g/mol. The number of nitrogens with zero attached hydrogens (tertiary/aromatic N) is 3. The molecule has 2 aromatic rings. The smallest absolute Gasteiger partial charge is 0.240 e. The first-order chi connectivity index (χ1) is 10.2. The number of aromatic hydroxyl groups is 1. The number of pyridine rings is 1. The third-order valence-corrected chi connectivity index (χ3v) is 3.54. The SMILES string of the molecule is CC(=O)N1N=C(c2ccccc2O)C[C@H]1c1ccncc1. The number of benzene rings is 1. The van der Waals surface area contributed by atoms with Crippen molar-refractivity contribution in [1.29, 1.82) is 0 Å². The fraction of sp³-hybridized carbons (Fsp3) is 0.188. The number of phenolic OH excluding ortho intramolecular Hbond substituents is 1. The van der Waals surface area contributed by atoms with Crippen molar-refractivity contribution in [3.63, 3.8) is 0 Å². The molecule has 1 aliphatic rings. The molecule has 1 aromatic heterocycles. The lowest BCUT2D eigenvalue weighted by Gasteiger charge is -2.20. The van der Waals surface area contributed by atoms with E-state index in [1.165, 1.54) is 11.9 Å². The predicted octanol–water partition coefficient (Wildman–Crippen LogP) is 2.48. The first-order valence-electron chi connectivity index (χ1n) is 6.72. The fourth-order valence-corrected chi connectivity index (χ4v) is 2.53. The van der Waals surface area contributed by atoms with Crippen molar-refractivity contribution in [1.82, 2.24) is 9.99 Å². The summed E-state index contributed by atoms with van der Waals surface area (Å²) in [5, 5.41) is 15.8. The van der Waals surface area contributed by atoms with Gasteiger partial charge in [-0.1, -0.05) is 12.1 Å². The van der Waals surface area contributed by atoms with Crippen LogP contribution in [0.2, 0.25) is 0 Å². The number of amides is 1. The first kappa shape index (κ1) is 13.3. The van der Waals surface area contributed by atoms with Crippen molar-refractivity contribution in [3.05, 3.63) is 59.9 Å². The second kappa shape index (κ2) is 5.36. The minimum atomic E-state index is -0.153. The van der Waals surface area contributed by atoms with Crippen LogP contribution in [0.15, 0.2) is 53.9 Å². The van der Waals surface area contributed by atoms with Crippen LogP contribution < -0.4 is 0 Å². The highest BCUT2D eigenvalue weighted by atomic mass is 16.3. The van der Waals surface area contributed by atoms with E-state index in [2.05, 4.69) is 10.1 Å². The zero-order chi connectivity index (χ0) is 14.8. The number of hydrogen-bond donors (Lipinski definition) is 1. The van der Waals surface area contributed by atoms with Crippen LogP contribution in [0.1, 0.15) is 30.5 Å². The van der Waals surface area contributed by atoms with Gasteiger partial charge in [0, 0.05) is 31.3 Å². The summed E-state index contributed by atoms with van der Waals surface area (Å²) in [6, 6.07) is 10.6. The van der Waals surface area contributed by atoms with Crippen LogP contribution in [-0.4, -0.2) is 26.7 Å². The summed E-state index contributed by atoms with van der Waals surface area (Å²) in [7, 11) is 0. The van der Waals surface area contributed by atoms with Gasteiger partial charge in [0.15, 0.2) is 0 Å². The van der Waals surface area contributed by atoms with Gasteiger partial charge in [-0.3, -0.25) is 9.78 Å². The van der Waals surface area contributed by atoms with Crippen molar-refractivity contribution >= 4 is 11.6 Å².